The zero-order valence-electron chi connectivity index (χ0n) is 12.3. The van der Waals surface area contributed by atoms with E-state index in [0.717, 1.165) is 23.5 Å². The number of anilines is 1. The number of hydrogen-bond donors (Lipinski definition) is 1. The molecule has 0 aliphatic rings. The molecule has 3 rings (SSSR count). The number of pyridine rings is 1. The molecule has 3 aromatic rings. The molecule has 1 N–H and O–H groups in total. The first kappa shape index (κ1) is 16.3. The zero-order valence-corrected chi connectivity index (χ0v) is 13.0. The minimum atomic E-state index is -4.46. The molecule has 0 radical (unpaired) electrons. The van der Waals surface area contributed by atoms with E-state index in [1.807, 2.05) is 35.0 Å². The van der Waals surface area contributed by atoms with Crippen molar-refractivity contribution in [1.29, 1.82) is 0 Å². The molecule has 0 unspecified atom stereocenters. The zero-order chi connectivity index (χ0) is 17.2. The molecule has 0 amide bonds. The van der Waals surface area contributed by atoms with E-state index in [9.17, 15) is 13.2 Å². The largest absolute Gasteiger partial charge is 0.417 e. The van der Waals surface area contributed by atoms with Crippen molar-refractivity contribution >= 4 is 17.4 Å². The first-order valence-corrected chi connectivity index (χ1v) is 7.35. The fourth-order valence-electron chi connectivity index (χ4n) is 2.11. The van der Waals surface area contributed by atoms with E-state index in [2.05, 4.69) is 15.3 Å². The van der Waals surface area contributed by atoms with Crippen molar-refractivity contribution in [3.05, 3.63) is 71.4 Å². The second-order valence-electron chi connectivity index (χ2n) is 5.04. The molecule has 2 aromatic heterocycles. The molecular weight excluding hydrogens is 341 g/mol. The van der Waals surface area contributed by atoms with Gasteiger partial charge in [0, 0.05) is 30.8 Å². The van der Waals surface area contributed by atoms with Crippen molar-refractivity contribution in [2.24, 2.45) is 0 Å². The van der Waals surface area contributed by atoms with Crippen molar-refractivity contribution in [2.75, 3.05) is 5.32 Å². The number of nitrogens with one attached hydrogen (secondary N) is 1. The van der Waals surface area contributed by atoms with Gasteiger partial charge in [0.05, 0.1) is 16.9 Å². The second kappa shape index (κ2) is 6.52. The average Bonchev–Trinajstić information content (AvgIpc) is 3.08. The van der Waals surface area contributed by atoms with Gasteiger partial charge in [-0.25, -0.2) is 9.97 Å². The molecule has 0 spiro atoms. The van der Waals surface area contributed by atoms with Crippen LogP contribution in [-0.4, -0.2) is 14.5 Å². The van der Waals surface area contributed by atoms with Crippen LogP contribution in [0.25, 0.3) is 5.69 Å². The van der Waals surface area contributed by atoms with E-state index in [-0.39, 0.29) is 10.8 Å². The number of imidazole rings is 1. The molecule has 4 nitrogen and oxygen atoms in total. The van der Waals surface area contributed by atoms with Crippen LogP contribution in [0.4, 0.5) is 19.0 Å². The minimum Gasteiger partial charge on any atom is -0.365 e. The van der Waals surface area contributed by atoms with Gasteiger partial charge in [-0.05, 0) is 23.8 Å². The lowest BCUT2D eigenvalue weighted by atomic mass is 10.2. The van der Waals surface area contributed by atoms with Gasteiger partial charge >= 0.3 is 6.18 Å². The van der Waals surface area contributed by atoms with E-state index in [1.54, 1.807) is 12.5 Å². The Hall–Kier alpha value is -2.54. The van der Waals surface area contributed by atoms with Gasteiger partial charge in [-0.1, -0.05) is 23.7 Å². The Bertz CT molecular complexity index is 814. The van der Waals surface area contributed by atoms with Gasteiger partial charge in [0.15, 0.2) is 0 Å². The molecule has 0 aliphatic carbocycles. The van der Waals surface area contributed by atoms with Crippen LogP contribution in [0.3, 0.4) is 0 Å². The molecule has 0 atom stereocenters. The quantitative estimate of drug-likeness (QED) is 0.749. The molecule has 0 saturated carbocycles. The second-order valence-corrected chi connectivity index (χ2v) is 5.45. The Morgan fingerprint density at radius 1 is 1.17 bits per heavy atom. The monoisotopic (exact) mass is 352 g/mol. The number of hydrogen-bond acceptors (Lipinski definition) is 3. The minimum absolute atomic E-state index is 0.0696. The van der Waals surface area contributed by atoms with Crippen LogP contribution in [0.15, 0.2) is 55.2 Å². The lowest BCUT2D eigenvalue weighted by Crippen LogP contribution is -2.08. The number of alkyl halides is 3. The van der Waals surface area contributed by atoms with Gasteiger partial charge in [0.1, 0.15) is 5.82 Å². The summed E-state index contributed by atoms with van der Waals surface area (Å²) >= 11 is 5.86. The Kier molecular flexibility index (Phi) is 4.44. The average molecular weight is 353 g/mol. The van der Waals surface area contributed by atoms with Crippen LogP contribution in [0.5, 0.6) is 0 Å². The van der Waals surface area contributed by atoms with Crippen LogP contribution >= 0.6 is 11.6 Å². The Morgan fingerprint density at radius 3 is 2.50 bits per heavy atom. The summed E-state index contributed by atoms with van der Waals surface area (Å²) in [5.41, 5.74) is 1.03. The summed E-state index contributed by atoms with van der Waals surface area (Å²) in [6.45, 7) is 0.391. The smallest absolute Gasteiger partial charge is 0.365 e. The topological polar surface area (TPSA) is 42.7 Å². The molecule has 124 valence electrons. The molecule has 0 bridgehead atoms. The lowest BCUT2D eigenvalue weighted by molar-refractivity contribution is -0.137. The van der Waals surface area contributed by atoms with Crippen LogP contribution in [0.2, 0.25) is 5.02 Å². The van der Waals surface area contributed by atoms with Crippen LogP contribution < -0.4 is 5.32 Å². The van der Waals surface area contributed by atoms with E-state index in [0.29, 0.717) is 6.54 Å². The highest BCUT2D eigenvalue weighted by Crippen LogP contribution is 2.32. The third-order valence-electron chi connectivity index (χ3n) is 3.37. The maximum absolute atomic E-state index is 12.6. The first-order chi connectivity index (χ1) is 11.4. The van der Waals surface area contributed by atoms with Gasteiger partial charge in [-0.3, -0.25) is 0 Å². The van der Waals surface area contributed by atoms with Crippen molar-refractivity contribution in [3.63, 3.8) is 0 Å². The predicted octanol–water partition coefficient (Wildman–Crippen LogP) is 4.55. The first-order valence-electron chi connectivity index (χ1n) is 6.97. The molecule has 1 aromatic carbocycles. The summed E-state index contributed by atoms with van der Waals surface area (Å²) < 4.78 is 39.6. The van der Waals surface area contributed by atoms with Crippen molar-refractivity contribution < 1.29 is 13.2 Å². The number of benzene rings is 1. The van der Waals surface area contributed by atoms with E-state index < -0.39 is 11.7 Å². The predicted molar refractivity (Wildman–Crippen MR) is 85.1 cm³/mol. The fourth-order valence-corrected chi connectivity index (χ4v) is 2.34. The lowest BCUT2D eigenvalue weighted by Gasteiger charge is -2.11. The van der Waals surface area contributed by atoms with Crippen molar-refractivity contribution in [1.82, 2.24) is 14.5 Å². The summed E-state index contributed by atoms with van der Waals surface area (Å²) in [4.78, 5) is 7.72. The van der Waals surface area contributed by atoms with E-state index in [1.165, 1.54) is 0 Å². The van der Waals surface area contributed by atoms with Gasteiger partial charge < -0.3 is 9.88 Å². The number of halogens is 4. The van der Waals surface area contributed by atoms with Crippen LogP contribution in [-0.2, 0) is 12.7 Å². The summed E-state index contributed by atoms with van der Waals surface area (Å²) in [5, 5.41) is 2.86. The highest BCUT2D eigenvalue weighted by Gasteiger charge is 2.31. The van der Waals surface area contributed by atoms with Crippen molar-refractivity contribution in [2.45, 2.75) is 12.7 Å². The highest BCUT2D eigenvalue weighted by molar-refractivity contribution is 6.32. The molecule has 8 heteroatoms. The normalized spacial score (nSPS) is 11.5. The molecular formula is C16H12ClF3N4. The third kappa shape index (κ3) is 3.68. The highest BCUT2D eigenvalue weighted by atomic mass is 35.5. The van der Waals surface area contributed by atoms with Gasteiger partial charge in [-0.2, -0.15) is 13.2 Å². The van der Waals surface area contributed by atoms with Gasteiger partial charge in [0.25, 0.3) is 0 Å². The maximum Gasteiger partial charge on any atom is 0.417 e. The summed E-state index contributed by atoms with van der Waals surface area (Å²) in [7, 11) is 0. The number of rotatable bonds is 4. The molecule has 0 fully saturated rings. The van der Waals surface area contributed by atoms with Gasteiger partial charge in [-0.15, -0.1) is 0 Å². The summed E-state index contributed by atoms with van der Waals surface area (Å²) in [6.07, 6.45) is 1.51. The number of nitrogens with zero attached hydrogens (tertiary/aromatic N) is 3. The van der Waals surface area contributed by atoms with Crippen molar-refractivity contribution in [3.8, 4) is 5.69 Å². The van der Waals surface area contributed by atoms with Gasteiger partial charge in [0.2, 0.25) is 0 Å². The summed E-state index contributed by atoms with van der Waals surface area (Å²) in [6, 6.07) is 8.50. The maximum atomic E-state index is 12.6. The Balaban J connectivity index is 1.67. The molecule has 0 saturated heterocycles. The number of aromatic nitrogens is 3. The van der Waals surface area contributed by atoms with E-state index >= 15 is 0 Å². The molecule has 0 aliphatic heterocycles. The Morgan fingerprint density at radius 2 is 1.92 bits per heavy atom. The standard InChI is InChI=1S/C16H12ClF3N4/c17-14-7-12(16(18,19)20)9-23-15(14)22-8-11-1-3-13(4-2-11)24-6-5-21-10-24/h1-7,9-10H,8H2,(H,22,23). The fraction of sp³-hybridized carbons (Fsp3) is 0.125. The van der Waals surface area contributed by atoms with Crippen LogP contribution in [0, 0.1) is 0 Å². The SMILES string of the molecule is FC(F)(F)c1cnc(NCc2ccc(-n3ccnc3)cc2)c(Cl)c1. The van der Waals surface area contributed by atoms with E-state index in [4.69, 9.17) is 11.6 Å². The Labute approximate surface area is 140 Å². The third-order valence-corrected chi connectivity index (χ3v) is 3.66. The molecule has 24 heavy (non-hydrogen) atoms. The summed E-state index contributed by atoms with van der Waals surface area (Å²) in [5.74, 6) is 0.211. The van der Waals surface area contributed by atoms with Crippen LogP contribution in [0.1, 0.15) is 11.1 Å². The molecule has 2 heterocycles.